The van der Waals surface area contributed by atoms with Crippen LogP contribution < -0.4 is 0 Å². The van der Waals surface area contributed by atoms with E-state index < -0.39 is 17.2 Å². The lowest BCUT2D eigenvalue weighted by Crippen LogP contribution is -2.21. The second-order valence-electron chi connectivity index (χ2n) is 5.37. The fourth-order valence-corrected chi connectivity index (χ4v) is 1.49. The number of rotatable bonds is 2. The molecule has 0 atom stereocenters. The number of halogens is 3. The first kappa shape index (κ1) is 16.0. The van der Waals surface area contributed by atoms with Crippen molar-refractivity contribution in [2.75, 3.05) is 0 Å². The lowest BCUT2D eigenvalue weighted by Gasteiger charge is -2.15. The van der Waals surface area contributed by atoms with Crippen LogP contribution in [0.1, 0.15) is 31.9 Å². The van der Waals surface area contributed by atoms with Crippen LogP contribution in [-0.2, 0) is 11.0 Å². The summed E-state index contributed by atoms with van der Waals surface area (Å²) in [6.45, 7) is 5.02. The Labute approximate surface area is 115 Å². The molecule has 0 fully saturated rings. The largest absolute Gasteiger partial charge is 0.416 e. The van der Waals surface area contributed by atoms with E-state index in [0.29, 0.717) is 5.56 Å². The molecule has 1 rings (SSSR count). The quantitative estimate of drug-likeness (QED) is 0.601. The number of alkyl halides is 3. The number of carbonyl (C=O) groups excluding carboxylic acids is 1. The van der Waals surface area contributed by atoms with Crippen molar-refractivity contribution >= 4 is 11.9 Å². The van der Waals surface area contributed by atoms with Crippen LogP contribution in [-0.4, -0.2) is 5.78 Å². The van der Waals surface area contributed by atoms with Crippen LogP contribution in [0, 0.1) is 16.7 Å². The van der Waals surface area contributed by atoms with E-state index in [0.717, 1.165) is 12.1 Å². The molecule has 0 saturated carbocycles. The van der Waals surface area contributed by atoms with Gasteiger partial charge >= 0.3 is 6.18 Å². The second kappa shape index (κ2) is 5.49. The van der Waals surface area contributed by atoms with Gasteiger partial charge < -0.3 is 0 Å². The zero-order valence-corrected chi connectivity index (χ0v) is 11.4. The van der Waals surface area contributed by atoms with E-state index in [9.17, 15) is 18.0 Å². The second-order valence-corrected chi connectivity index (χ2v) is 5.37. The van der Waals surface area contributed by atoms with Crippen molar-refractivity contribution in [3.63, 3.8) is 0 Å². The molecule has 1 aromatic rings. The van der Waals surface area contributed by atoms with Crippen LogP contribution in [0.15, 0.2) is 29.8 Å². The van der Waals surface area contributed by atoms with E-state index in [-0.39, 0.29) is 11.4 Å². The van der Waals surface area contributed by atoms with Crippen LogP contribution >= 0.6 is 0 Å². The number of Topliss-reactive ketones (excluding diaryl/α,β-unsaturated/α-hetero) is 1. The summed E-state index contributed by atoms with van der Waals surface area (Å²) in [5.74, 6) is -0.347. The topological polar surface area (TPSA) is 40.9 Å². The standard InChI is InChI=1S/C15H14F3NO/c1-14(2,3)13(20)11(9-19)8-10-4-6-12(7-5-10)15(16,17)18/h4-8H,1-3H3. The van der Waals surface area contributed by atoms with Gasteiger partial charge in [-0.2, -0.15) is 18.4 Å². The minimum atomic E-state index is -4.40. The minimum absolute atomic E-state index is 0.0720. The van der Waals surface area contributed by atoms with Crippen molar-refractivity contribution in [2.45, 2.75) is 26.9 Å². The smallest absolute Gasteiger partial charge is 0.293 e. The predicted molar refractivity (Wildman–Crippen MR) is 69.5 cm³/mol. The van der Waals surface area contributed by atoms with Gasteiger partial charge in [-0.15, -0.1) is 0 Å². The van der Waals surface area contributed by atoms with Crippen LogP contribution in [0.5, 0.6) is 0 Å². The molecule has 0 amide bonds. The van der Waals surface area contributed by atoms with Crippen LogP contribution in [0.2, 0.25) is 0 Å². The molecule has 0 spiro atoms. The molecule has 20 heavy (non-hydrogen) atoms. The number of nitrogens with zero attached hydrogens (tertiary/aromatic N) is 1. The Hall–Kier alpha value is -2.09. The lowest BCUT2D eigenvalue weighted by molar-refractivity contribution is -0.137. The number of ketones is 1. The Morgan fingerprint density at radius 3 is 2.00 bits per heavy atom. The Kier molecular flexibility index (Phi) is 4.39. The predicted octanol–water partition coefficient (Wildman–Crippen LogP) is 4.23. The molecule has 0 N–H and O–H groups in total. The summed E-state index contributed by atoms with van der Waals surface area (Å²) in [4.78, 5) is 12.0. The molecule has 1 aromatic carbocycles. The fraction of sp³-hybridized carbons (Fsp3) is 0.333. The van der Waals surface area contributed by atoms with Gasteiger partial charge in [-0.1, -0.05) is 32.9 Å². The van der Waals surface area contributed by atoms with Gasteiger partial charge in [-0.05, 0) is 23.8 Å². The maximum absolute atomic E-state index is 12.4. The molecule has 106 valence electrons. The average Bonchev–Trinajstić information content (AvgIpc) is 2.33. The summed E-state index contributed by atoms with van der Waals surface area (Å²) in [7, 11) is 0. The first-order valence-corrected chi connectivity index (χ1v) is 5.89. The molecule has 0 saturated heterocycles. The van der Waals surface area contributed by atoms with Crippen molar-refractivity contribution in [1.29, 1.82) is 5.26 Å². The molecule has 0 radical (unpaired) electrons. The number of allylic oxidation sites excluding steroid dienone is 1. The molecule has 2 nitrogen and oxygen atoms in total. The Bertz CT molecular complexity index is 569. The minimum Gasteiger partial charge on any atom is -0.293 e. The van der Waals surface area contributed by atoms with Crippen molar-refractivity contribution in [3.8, 4) is 6.07 Å². The monoisotopic (exact) mass is 281 g/mol. The van der Waals surface area contributed by atoms with Gasteiger partial charge in [-0.25, -0.2) is 0 Å². The van der Waals surface area contributed by atoms with Gasteiger partial charge in [0, 0.05) is 5.41 Å². The maximum atomic E-state index is 12.4. The summed E-state index contributed by atoms with van der Waals surface area (Å²) in [6.07, 6.45) is -3.10. The summed E-state index contributed by atoms with van der Waals surface area (Å²) in [6, 6.07) is 6.09. The van der Waals surface area contributed by atoms with E-state index >= 15 is 0 Å². The molecule has 5 heteroatoms. The summed E-state index contributed by atoms with van der Waals surface area (Å²) < 4.78 is 37.2. The number of carbonyl (C=O) groups is 1. The van der Waals surface area contributed by atoms with E-state index in [2.05, 4.69) is 0 Å². The Morgan fingerprint density at radius 1 is 1.15 bits per heavy atom. The highest BCUT2D eigenvalue weighted by molar-refractivity contribution is 6.06. The third kappa shape index (κ3) is 3.95. The summed E-state index contributed by atoms with van der Waals surface area (Å²) in [5, 5.41) is 8.99. The Balaban J connectivity index is 3.10. The van der Waals surface area contributed by atoms with Crippen LogP contribution in [0.3, 0.4) is 0 Å². The molecular weight excluding hydrogens is 267 g/mol. The van der Waals surface area contributed by atoms with Gasteiger partial charge in [0.1, 0.15) is 6.07 Å². The van der Waals surface area contributed by atoms with Crippen LogP contribution in [0.25, 0.3) is 6.08 Å². The molecule has 0 unspecified atom stereocenters. The molecular formula is C15H14F3NO. The molecule has 0 aliphatic heterocycles. The summed E-state index contributed by atoms with van der Waals surface area (Å²) in [5.41, 5.74) is -1.17. The van der Waals surface area contributed by atoms with Gasteiger partial charge in [0.15, 0.2) is 5.78 Å². The Morgan fingerprint density at radius 2 is 1.65 bits per heavy atom. The molecule has 0 bridgehead atoms. The van der Waals surface area contributed by atoms with Crippen molar-refractivity contribution < 1.29 is 18.0 Å². The number of hydrogen-bond acceptors (Lipinski definition) is 2. The maximum Gasteiger partial charge on any atom is 0.416 e. The van der Waals surface area contributed by atoms with Gasteiger partial charge in [0.05, 0.1) is 11.1 Å². The lowest BCUT2D eigenvalue weighted by atomic mass is 9.86. The van der Waals surface area contributed by atoms with E-state index in [1.807, 2.05) is 0 Å². The third-order valence-electron chi connectivity index (χ3n) is 2.60. The zero-order valence-electron chi connectivity index (χ0n) is 11.4. The third-order valence-corrected chi connectivity index (χ3v) is 2.60. The van der Waals surface area contributed by atoms with Crippen LogP contribution in [0.4, 0.5) is 13.2 Å². The van der Waals surface area contributed by atoms with E-state index in [1.165, 1.54) is 18.2 Å². The summed E-state index contributed by atoms with van der Waals surface area (Å²) >= 11 is 0. The highest BCUT2D eigenvalue weighted by atomic mass is 19.4. The zero-order chi connectivity index (χ0) is 15.6. The molecule has 0 aromatic heterocycles. The van der Waals surface area contributed by atoms with Gasteiger partial charge in [-0.3, -0.25) is 4.79 Å². The van der Waals surface area contributed by atoms with Crippen molar-refractivity contribution in [1.82, 2.24) is 0 Å². The van der Waals surface area contributed by atoms with Gasteiger partial charge in [0.25, 0.3) is 0 Å². The molecule has 0 aliphatic carbocycles. The highest BCUT2D eigenvalue weighted by Gasteiger charge is 2.30. The SMILES string of the molecule is CC(C)(C)C(=O)C(C#N)=Cc1ccc(C(F)(F)F)cc1. The first-order valence-electron chi connectivity index (χ1n) is 5.89. The van der Waals surface area contributed by atoms with E-state index in [4.69, 9.17) is 5.26 Å². The van der Waals surface area contributed by atoms with Crippen molar-refractivity contribution in [2.24, 2.45) is 5.41 Å². The number of benzene rings is 1. The first-order chi connectivity index (χ1) is 9.05. The fourth-order valence-electron chi connectivity index (χ4n) is 1.49. The number of hydrogen-bond donors (Lipinski definition) is 0. The molecule has 0 heterocycles. The molecule has 0 aliphatic rings. The normalized spacial score (nSPS) is 12.9. The highest BCUT2D eigenvalue weighted by Crippen LogP contribution is 2.29. The van der Waals surface area contributed by atoms with E-state index in [1.54, 1.807) is 26.8 Å². The number of nitriles is 1. The van der Waals surface area contributed by atoms with Gasteiger partial charge in [0.2, 0.25) is 0 Å². The van der Waals surface area contributed by atoms with Crippen molar-refractivity contribution in [3.05, 3.63) is 41.0 Å². The average molecular weight is 281 g/mol.